The van der Waals surface area contributed by atoms with Gasteiger partial charge in [0.25, 0.3) is 0 Å². The number of aliphatic carboxylic acids is 2. The quantitative estimate of drug-likeness (QED) is 0.513. The van der Waals surface area contributed by atoms with Crippen LogP contribution in [0.5, 0.6) is 11.5 Å². The third-order valence-corrected chi connectivity index (χ3v) is 5.54. The van der Waals surface area contributed by atoms with Gasteiger partial charge in [-0.3, -0.25) is 9.88 Å². The minimum atomic E-state index is -5.08. The first kappa shape index (κ1) is 31.6. The van der Waals surface area contributed by atoms with Crippen molar-refractivity contribution in [1.29, 1.82) is 0 Å². The Hall–Kier alpha value is -3.59. The molecule has 2 aromatic rings. The minimum absolute atomic E-state index is 0.0488. The van der Waals surface area contributed by atoms with Gasteiger partial charge in [-0.15, -0.1) is 0 Å². The number of aromatic nitrogens is 1. The standard InChI is InChI=1S/C20H24N2O3.2C2HF3O2/c1-23-16-8-6-15(7-9-16)13-22-14-19(20-18(22)5-3-11-24-20)25-17-4-2-10-21-12-17;2*3-2(4,5)1(6)7/h2,4,6-10,12,18-20H,3,5,11,13-14H2,1H3;2*(H,6,7)/t18-,19-,20-;;/m0../s1. The van der Waals surface area contributed by atoms with Crippen LogP contribution in [0.15, 0.2) is 48.8 Å². The summed E-state index contributed by atoms with van der Waals surface area (Å²) in [7, 11) is 1.69. The molecule has 0 spiro atoms. The number of rotatable bonds is 5. The first-order chi connectivity index (χ1) is 18.2. The van der Waals surface area contributed by atoms with Crippen LogP contribution in [0.3, 0.4) is 0 Å². The number of ether oxygens (including phenoxy) is 3. The molecular weight excluding hydrogens is 542 g/mol. The lowest BCUT2D eigenvalue weighted by Crippen LogP contribution is -2.42. The fraction of sp³-hybridized carbons (Fsp3) is 0.458. The van der Waals surface area contributed by atoms with E-state index in [1.54, 1.807) is 19.5 Å². The van der Waals surface area contributed by atoms with Crippen molar-refractivity contribution in [2.75, 3.05) is 20.3 Å². The minimum Gasteiger partial charge on any atom is -0.497 e. The van der Waals surface area contributed by atoms with Crippen LogP contribution in [0, 0.1) is 0 Å². The lowest BCUT2D eigenvalue weighted by molar-refractivity contribution is -0.193. The van der Waals surface area contributed by atoms with E-state index in [1.807, 2.05) is 24.3 Å². The van der Waals surface area contributed by atoms with Crippen molar-refractivity contribution in [3.05, 3.63) is 54.4 Å². The summed E-state index contributed by atoms with van der Waals surface area (Å²) < 4.78 is 81.0. The number of benzene rings is 1. The molecule has 216 valence electrons. The van der Waals surface area contributed by atoms with Crippen molar-refractivity contribution in [1.82, 2.24) is 9.88 Å². The Kier molecular flexibility index (Phi) is 11.3. The van der Waals surface area contributed by atoms with Gasteiger partial charge in [-0.1, -0.05) is 12.1 Å². The van der Waals surface area contributed by atoms with Crippen LogP contribution >= 0.6 is 0 Å². The highest BCUT2D eigenvalue weighted by molar-refractivity contribution is 5.73. The molecule has 39 heavy (non-hydrogen) atoms. The molecule has 4 rings (SSSR count). The van der Waals surface area contributed by atoms with E-state index in [-0.39, 0.29) is 12.2 Å². The average Bonchev–Trinajstić information content (AvgIpc) is 3.21. The number of halogens is 6. The Morgan fingerprint density at radius 1 is 1.03 bits per heavy atom. The van der Waals surface area contributed by atoms with Gasteiger partial charge in [0.1, 0.15) is 23.7 Å². The van der Waals surface area contributed by atoms with Crippen LogP contribution in [-0.4, -0.2) is 82.9 Å². The molecule has 0 bridgehead atoms. The van der Waals surface area contributed by atoms with E-state index in [0.29, 0.717) is 6.04 Å². The van der Waals surface area contributed by atoms with Crippen LogP contribution in [-0.2, 0) is 20.9 Å². The lowest BCUT2D eigenvalue weighted by Gasteiger charge is -2.32. The van der Waals surface area contributed by atoms with E-state index in [9.17, 15) is 26.3 Å². The summed E-state index contributed by atoms with van der Waals surface area (Å²) in [6.07, 6.45) is -4.19. The third-order valence-electron chi connectivity index (χ3n) is 5.54. The molecule has 0 amide bonds. The second kappa shape index (κ2) is 14.0. The number of carboxylic acids is 2. The third kappa shape index (κ3) is 10.2. The van der Waals surface area contributed by atoms with Crippen molar-refractivity contribution in [2.45, 2.75) is 50.0 Å². The number of carboxylic acid groups (broad SMARTS) is 2. The van der Waals surface area contributed by atoms with Crippen molar-refractivity contribution in [3.8, 4) is 11.5 Å². The monoisotopic (exact) mass is 568 g/mol. The number of hydrogen-bond donors (Lipinski definition) is 2. The predicted molar refractivity (Wildman–Crippen MR) is 122 cm³/mol. The highest BCUT2D eigenvalue weighted by Crippen LogP contribution is 2.32. The highest BCUT2D eigenvalue weighted by Gasteiger charge is 2.45. The maximum atomic E-state index is 10.6. The van der Waals surface area contributed by atoms with Crippen LogP contribution < -0.4 is 9.47 Å². The van der Waals surface area contributed by atoms with E-state index in [4.69, 9.17) is 34.0 Å². The summed E-state index contributed by atoms with van der Waals surface area (Å²) >= 11 is 0. The van der Waals surface area contributed by atoms with E-state index >= 15 is 0 Å². The number of carbonyl (C=O) groups is 2. The largest absolute Gasteiger partial charge is 0.497 e. The van der Waals surface area contributed by atoms with Gasteiger partial charge in [0.05, 0.1) is 13.3 Å². The van der Waals surface area contributed by atoms with E-state index in [1.165, 1.54) is 5.56 Å². The van der Waals surface area contributed by atoms with Gasteiger partial charge in [-0.25, -0.2) is 9.59 Å². The Bertz CT molecular complexity index is 1030. The average molecular weight is 568 g/mol. The zero-order valence-electron chi connectivity index (χ0n) is 20.5. The molecule has 1 aromatic carbocycles. The first-order valence-electron chi connectivity index (χ1n) is 11.4. The Morgan fingerprint density at radius 3 is 2.10 bits per heavy atom. The molecule has 2 aliphatic heterocycles. The van der Waals surface area contributed by atoms with Crippen LogP contribution in [0.4, 0.5) is 26.3 Å². The highest BCUT2D eigenvalue weighted by atomic mass is 19.4. The van der Waals surface area contributed by atoms with E-state index in [0.717, 1.165) is 44.0 Å². The normalized spacial score (nSPS) is 20.8. The molecule has 1 aromatic heterocycles. The number of methoxy groups -OCH3 is 1. The number of alkyl halides is 6. The van der Waals surface area contributed by atoms with Crippen molar-refractivity contribution in [3.63, 3.8) is 0 Å². The van der Waals surface area contributed by atoms with Gasteiger partial charge < -0.3 is 24.4 Å². The smallest absolute Gasteiger partial charge is 0.490 e. The summed E-state index contributed by atoms with van der Waals surface area (Å²) in [5.41, 5.74) is 1.28. The second-order valence-corrected chi connectivity index (χ2v) is 8.27. The molecule has 2 aliphatic rings. The molecule has 2 saturated heterocycles. The zero-order chi connectivity index (χ0) is 29.2. The molecule has 2 N–H and O–H groups in total. The number of fused-ring (bicyclic) bond motifs is 1. The number of pyridine rings is 1. The van der Waals surface area contributed by atoms with E-state index in [2.05, 4.69) is 22.0 Å². The van der Waals surface area contributed by atoms with Gasteiger partial charge in [0.15, 0.2) is 0 Å². The second-order valence-electron chi connectivity index (χ2n) is 8.27. The SMILES string of the molecule is COc1ccc(CN2C[C@H](Oc3cccnc3)[C@H]3OCCC[C@@H]32)cc1.O=C(O)C(F)(F)F.O=C(O)C(F)(F)F. The molecule has 3 heterocycles. The van der Waals surface area contributed by atoms with E-state index < -0.39 is 24.3 Å². The topological polar surface area (TPSA) is 118 Å². The summed E-state index contributed by atoms with van der Waals surface area (Å²) in [6.45, 7) is 2.60. The zero-order valence-corrected chi connectivity index (χ0v) is 20.5. The summed E-state index contributed by atoms with van der Waals surface area (Å²) in [5, 5.41) is 14.2. The summed E-state index contributed by atoms with van der Waals surface area (Å²) in [5.74, 6) is -3.81. The molecule has 0 saturated carbocycles. The maximum Gasteiger partial charge on any atom is 0.490 e. The molecule has 9 nitrogen and oxygen atoms in total. The first-order valence-corrected chi connectivity index (χ1v) is 11.4. The van der Waals surface area contributed by atoms with Gasteiger partial charge in [0.2, 0.25) is 0 Å². The van der Waals surface area contributed by atoms with Crippen molar-refractivity contribution < 1.29 is 60.4 Å². The maximum absolute atomic E-state index is 10.6. The van der Waals surface area contributed by atoms with Gasteiger partial charge in [-0.05, 0) is 42.7 Å². The summed E-state index contributed by atoms with van der Waals surface area (Å²) in [4.78, 5) is 24.4. The summed E-state index contributed by atoms with van der Waals surface area (Å²) in [6, 6.07) is 12.6. The molecule has 0 unspecified atom stereocenters. The lowest BCUT2D eigenvalue weighted by atomic mass is 10.0. The van der Waals surface area contributed by atoms with Crippen LogP contribution in [0.1, 0.15) is 18.4 Å². The van der Waals surface area contributed by atoms with Crippen molar-refractivity contribution in [2.24, 2.45) is 0 Å². The molecule has 3 atom stereocenters. The van der Waals surface area contributed by atoms with Gasteiger partial charge in [-0.2, -0.15) is 26.3 Å². The Balaban J connectivity index is 0.000000317. The molecular formula is C24H26F6N2O7. The fourth-order valence-electron chi connectivity index (χ4n) is 3.85. The number of nitrogens with zero attached hydrogens (tertiary/aromatic N) is 2. The van der Waals surface area contributed by atoms with Gasteiger partial charge in [0, 0.05) is 31.9 Å². The molecule has 0 radical (unpaired) electrons. The van der Waals surface area contributed by atoms with Crippen LogP contribution in [0.25, 0.3) is 0 Å². The van der Waals surface area contributed by atoms with Crippen LogP contribution in [0.2, 0.25) is 0 Å². The molecule has 2 fully saturated rings. The predicted octanol–water partition coefficient (Wildman–Crippen LogP) is 4.17. The fourth-order valence-corrected chi connectivity index (χ4v) is 3.85. The Labute approximate surface area is 218 Å². The van der Waals surface area contributed by atoms with Crippen molar-refractivity contribution >= 4 is 11.9 Å². The van der Waals surface area contributed by atoms with Gasteiger partial charge >= 0.3 is 24.3 Å². The molecule has 0 aliphatic carbocycles. The Morgan fingerprint density at radius 2 is 1.62 bits per heavy atom. The molecule has 15 heteroatoms. The number of hydrogen-bond acceptors (Lipinski definition) is 7. The number of likely N-dealkylation sites (tertiary alicyclic amines) is 1.